The summed E-state index contributed by atoms with van der Waals surface area (Å²) in [7, 11) is 0. The first kappa shape index (κ1) is 15.5. The van der Waals surface area contributed by atoms with Crippen LogP contribution in [-0.2, 0) is 11.2 Å². The quantitative estimate of drug-likeness (QED) is 0.831. The highest BCUT2D eigenvalue weighted by molar-refractivity contribution is 5.14. The average Bonchev–Trinajstić information content (AvgIpc) is 2.49. The molecule has 0 radical (unpaired) electrons. The molecule has 0 saturated carbocycles. The van der Waals surface area contributed by atoms with E-state index in [1.54, 1.807) is 0 Å². The molecular formula is C17H28N2O. The molecule has 1 fully saturated rings. The number of piperidine rings is 1. The summed E-state index contributed by atoms with van der Waals surface area (Å²) in [5.74, 6) is 0. The van der Waals surface area contributed by atoms with Crippen LogP contribution in [0.3, 0.4) is 0 Å². The lowest BCUT2D eigenvalue weighted by Crippen LogP contribution is -2.43. The van der Waals surface area contributed by atoms with E-state index < -0.39 is 0 Å². The number of nitrogens with zero attached hydrogens (tertiary/aromatic N) is 1. The predicted octanol–water partition coefficient (Wildman–Crippen LogP) is 2.45. The SMILES string of the molecule is CCOC1CCN(CC(N)CCc2ccccc2)CC1. The molecule has 2 N–H and O–H groups in total. The van der Waals surface area contributed by atoms with Gasteiger partial charge >= 0.3 is 0 Å². The second-order valence-electron chi connectivity index (χ2n) is 5.74. The van der Waals surface area contributed by atoms with Crippen molar-refractivity contribution in [3.63, 3.8) is 0 Å². The van der Waals surface area contributed by atoms with Gasteiger partial charge < -0.3 is 15.4 Å². The molecule has 1 saturated heterocycles. The van der Waals surface area contributed by atoms with E-state index in [-0.39, 0.29) is 6.04 Å². The van der Waals surface area contributed by atoms with E-state index in [1.807, 2.05) is 0 Å². The van der Waals surface area contributed by atoms with Crippen molar-refractivity contribution in [3.8, 4) is 0 Å². The van der Waals surface area contributed by atoms with Gasteiger partial charge in [-0.1, -0.05) is 30.3 Å². The zero-order valence-corrected chi connectivity index (χ0v) is 12.6. The van der Waals surface area contributed by atoms with Gasteiger partial charge in [0.05, 0.1) is 6.10 Å². The van der Waals surface area contributed by atoms with Gasteiger partial charge in [0, 0.05) is 32.3 Å². The summed E-state index contributed by atoms with van der Waals surface area (Å²) in [5.41, 5.74) is 7.66. The lowest BCUT2D eigenvalue weighted by atomic mass is 10.0. The molecule has 1 aromatic rings. The maximum Gasteiger partial charge on any atom is 0.0599 e. The lowest BCUT2D eigenvalue weighted by Gasteiger charge is -2.33. The van der Waals surface area contributed by atoms with E-state index in [2.05, 4.69) is 42.2 Å². The maximum atomic E-state index is 6.27. The molecule has 1 atom stereocenters. The van der Waals surface area contributed by atoms with Gasteiger partial charge in [-0.15, -0.1) is 0 Å². The van der Waals surface area contributed by atoms with E-state index in [1.165, 1.54) is 5.56 Å². The number of hydrogen-bond acceptors (Lipinski definition) is 3. The Labute approximate surface area is 123 Å². The van der Waals surface area contributed by atoms with Crippen LogP contribution < -0.4 is 5.73 Å². The van der Waals surface area contributed by atoms with Gasteiger partial charge in [-0.05, 0) is 38.2 Å². The van der Waals surface area contributed by atoms with Crippen molar-refractivity contribution in [1.82, 2.24) is 4.90 Å². The first-order chi connectivity index (χ1) is 9.78. The number of aryl methyl sites for hydroxylation is 1. The molecule has 1 heterocycles. The molecule has 1 aliphatic rings. The minimum Gasteiger partial charge on any atom is -0.378 e. The second-order valence-corrected chi connectivity index (χ2v) is 5.74. The van der Waals surface area contributed by atoms with E-state index in [4.69, 9.17) is 10.5 Å². The van der Waals surface area contributed by atoms with Crippen LogP contribution in [-0.4, -0.2) is 43.3 Å². The molecule has 0 amide bonds. The number of ether oxygens (including phenoxy) is 1. The molecule has 0 spiro atoms. The largest absolute Gasteiger partial charge is 0.378 e. The topological polar surface area (TPSA) is 38.5 Å². The van der Waals surface area contributed by atoms with Crippen LogP contribution in [0.15, 0.2) is 30.3 Å². The third kappa shape index (κ3) is 5.23. The second kappa shape index (κ2) is 8.40. The summed E-state index contributed by atoms with van der Waals surface area (Å²) in [6, 6.07) is 10.9. The van der Waals surface area contributed by atoms with Gasteiger partial charge in [-0.25, -0.2) is 0 Å². The third-order valence-electron chi connectivity index (χ3n) is 4.08. The molecule has 20 heavy (non-hydrogen) atoms. The van der Waals surface area contributed by atoms with Crippen molar-refractivity contribution < 1.29 is 4.74 Å². The lowest BCUT2D eigenvalue weighted by molar-refractivity contribution is 0.0130. The maximum absolute atomic E-state index is 6.27. The molecule has 1 aliphatic heterocycles. The van der Waals surface area contributed by atoms with Crippen molar-refractivity contribution >= 4 is 0 Å². The number of likely N-dealkylation sites (tertiary alicyclic amines) is 1. The molecule has 112 valence electrons. The van der Waals surface area contributed by atoms with E-state index in [0.717, 1.165) is 51.9 Å². The summed E-state index contributed by atoms with van der Waals surface area (Å²) in [5, 5.41) is 0. The smallest absolute Gasteiger partial charge is 0.0599 e. The van der Waals surface area contributed by atoms with Gasteiger partial charge in [0.15, 0.2) is 0 Å². The number of rotatable bonds is 7. The monoisotopic (exact) mass is 276 g/mol. The minimum absolute atomic E-state index is 0.277. The zero-order chi connectivity index (χ0) is 14.2. The van der Waals surface area contributed by atoms with Gasteiger partial charge in [0.25, 0.3) is 0 Å². The molecule has 0 aromatic heterocycles. The Morgan fingerprint density at radius 3 is 2.60 bits per heavy atom. The Morgan fingerprint density at radius 1 is 1.25 bits per heavy atom. The highest BCUT2D eigenvalue weighted by atomic mass is 16.5. The summed E-state index contributed by atoms with van der Waals surface area (Å²) in [6.45, 7) is 6.19. The van der Waals surface area contributed by atoms with Crippen LogP contribution in [0.1, 0.15) is 31.7 Å². The molecule has 3 heteroatoms. The first-order valence-corrected chi connectivity index (χ1v) is 7.91. The standard InChI is InChI=1S/C17H28N2O/c1-2-20-17-10-12-19(13-11-17)14-16(18)9-8-15-6-4-3-5-7-15/h3-7,16-17H,2,8-14,18H2,1H3. The fraction of sp³-hybridized carbons (Fsp3) is 0.647. The van der Waals surface area contributed by atoms with Crippen molar-refractivity contribution in [2.75, 3.05) is 26.2 Å². The molecule has 3 nitrogen and oxygen atoms in total. The van der Waals surface area contributed by atoms with Crippen LogP contribution in [0.4, 0.5) is 0 Å². The van der Waals surface area contributed by atoms with Crippen molar-refractivity contribution in [2.24, 2.45) is 5.73 Å². The van der Waals surface area contributed by atoms with Crippen LogP contribution in [0.25, 0.3) is 0 Å². The zero-order valence-electron chi connectivity index (χ0n) is 12.6. The Hall–Kier alpha value is -0.900. The van der Waals surface area contributed by atoms with Gasteiger partial charge in [-0.3, -0.25) is 0 Å². The Morgan fingerprint density at radius 2 is 1.95 bits per heavy atom. The summed E-state index contributed by atoms with van der Waals surface area (Å²) >= 11 is 0. The van der Waals surface area contributed by atoms with Crippen molar-refractivity contribution in [2.45, 2.75) is 44.8 Å². The van der Waals surface area contributed by atoms with Crippen LogP contribution in [0.2, 0.25) is 0 Å². The van der Waals surface area contributed by atoms with Crippen LogP contribution in [0.5, 0.6) is 0 Å². The van der Waals surface area contributed by atoms with E-state index in [9.17, 15) is 0 Å². The highest BCUT2D eigenvalue weighted by Crippen LogP contribution is 2.14. The van der Waals surface area contributed by atoms with Crippen molar-refractivity contribution in [3.05, 3.63) is 35.9 Å². The van der Waals surface area contributed by atoms with Crippen molar-refractivity contribution in [1.29, 1.82) is 0 Å². The Kier molecular flexibility index (Phi) is 6.51. The molecule has 2 rings (SSSR count). The third-order valence-corrected chi connectivity index (χ3v) is 4.08. The van der Waals surface area contributed by atoms with Gasteiger partial charge in [-0.2, -0.15) is 0 Å². The molecule has 1 unspecified atom stereocenters. The summed E-state index contributed by atoms with van der Waals surface area (Å²) in [6.07, 6.45) is 4.92. The molecule has 1 aromatic carbocycles. The van der Waals surface area contributed by atoms with Crippen LogP contribution >= 0.6 is 0 Å². The van der Waals surface area contributed by atoms with E-state index >= 15 is 0 Å². The predicted molar refractivity (Wildman–Crippen MR) is 83.8 cm³/mol. The van der Waals surface area contributed by atoms with E-state index in [0.29, 0.717) is 6.10 Å². The molecule has 0 bridgehead atoms. The average molecular weight is 276 g/mol. The molecular weight excluding hydrogens is 248 g/mol. The Balaban J connectivity index is 1.64. The number of hydrogen-bond donors (Lipinski definition) is 1. The fourth-order valence-corrected chi connectivity index (χ4v) is 2.91. The van der Waals surface area contributed by atoms with Crippen LogP contribution in [0, 0.1) is 0 Å². The summed E-state index contributed by atoms with van der Waals surface area (Å²) < 4.78 is 5.68. The normalized spacial score (nSPS) is 19.1. The van der Waals surface area contributed by atoms with Gasteiger partial charge in [0.2, 0.25) is 0 Å². The highest BCUT2D eigenvalue weighted by Gasteiger charge is 2.20. The minimum atomic E-state index is 0.277. The summed E-state index contributed by atoms with van der Waals surface area (Å²) in [4.78, 5) is 2.49. The fourth-order valence-electron chi connectivity index (χ4n) is 2.91. The number of nitrogens with two attached hydrogens (primary N) is 1. The Bertz CT molecular complexity index is 361. The molecule has 0 aliphatic carbocycles. The van der Waals surface area contributed by atoms with Gasteiger partial charge in [0.1, 0.15) is 0 Å². The number of benzene rings is 1. The first-order valence-electron chi connectivity index (χ1n) is 7.91.